The molecule has 0 bridgehead atoms. The van der Waals surface area contributed by atoms with Crippen LogP contribution in [0.5, 0.6) is 0 Å². The van der Waals surface area contributed by atoms with E-state index in [0.29, 0.717) is 6.04 Å². The minimum atomic E-state index is 0.535. The van der Waals surface area contributed by atoms with Crippen LogP contribution in [0.4, 0.5) is 0 Å². The molecule has 1 aliphatic carbocycles. The second-order valence-corrected chi connectivity index (χ2v) is 7.79. The molecule has 0 heterocycles. The van der Waals surface area contributed by atoms with E-state index in [2.05, 4.69) is 72.9 Å². The second kappa shape index (κ2) is 7.79. The second-order valence-electron chi connectivity index (χ2n) is 6.63. The minimum absolute atomic E-state index is 0.535. The summed E-state index contributed by atoms with van der Waals surface area (Å²) in [6.45, 7) is 8.23. The first kappa shape index (κ1) is 16.3. The van der Waals surface area contributed by atoms with Gasteiger partial charge in [-0.05, 0) is 84.2 Å². The van der Waals surface area contributed by atoms with Crippen molar-refractivity contribution >= 4 is 22.6 Å². The maximum absolute atomic E-state index is 3.83. The predicted molar refractivity (Wildman–Crippen MR) is 95.9 cm³/mol. The van der Waals surface area contributed by atoms with Crippen molar-refractivity contribution in [1.82, 2.24) is 5.32 Å². The molecule has 3 unspecified atom stereocenters. The van der Waals surface area contributed by atoms with Gasteiger partial charge in [0.05, 0.1) is 0 Å². The highest BCUT2D eigenvalue weighted by molar-refractivity contribution is 14.1. The third-order valence-corrected chi connectivity index (χ3v) is 5.52. The Balaban J connectivity index is 2.20. The van der Waals surface area contributed by atoms with E-state index in [9.17, 15) is 0 Å². The van der Waals surface area contributed by atoms with Crippen LogP contribution in [0.2, 0.25) is 0 Å². The predicted octanol–water partition coefficient (Wildman–Crippen LogP) is 5.40. The molecule has 2 heteroatoms. The fraction of sp³-hybridized carbons (Fsp3) is 0.667. The highest BCUT2D eigenvalue weighted by Crippen LogP contribution is 2.40. The zero-order chi connectivity index (χ0) is 14.5. The van der Waals surface area contributed by atoms with Crippen molar-refractivity contribution in [2.45, 2.75) is 52.5 Å². The van der Waals surface area contributed by atoms with Crippen molar-refractivity contribution in [1.29, 1.82) is 0 Å². The Kier molecular flexibility index (Phi) is 6.34. The van der Waals surface area contributed by atoms with Crippen LogP contribution in [0.25, 0.3) is 0 Å². The van der Waals surface area contributed by atoms with Gasteiger partial charge in [-0.15, -0.1) is 0 Å². The van der Waals surface area contributed by atoms with Gasteiger partial charge in [0.25, 0.3) is 0 Å². The Labute approximate surface area is 138 Å². The van der Waals surface area contributed by atoms with Crippen LogP contribution in [-0.2, 0) is 0 Å². The first-order valence-corrected chi connectivity index (χ1v) is 9.17. The van der Waals surface area contributed by atoms with Crippen molar-refractivity contribution < 1.29 is 0 Å². The third-order valence-electron chi connectivity index (χ3n) is 4.54. The zero-order valence-corrected chi connectivity index (χ0v) is 15.2. The molecule has 3 atom stereocenters. The van der Waals surface area contributed by atoms with Crippen LogP contribution in [0, 0.1) is 21.3 Å². The number of halogens is 1. The fourth-order valence-corrected chi connectivity index (χ4v) is 4.56. The standard InChI is InChI=1S/C18H28IN/c1-4-9-20-18(16-7-5-6-8-17(16)19)15-11-13(2)10-14(3)12-15/h5-8,13-15,18,20H,4,9-12H2,1-3H3. The molecule has 1 saturated carbocycles. The van der Waals surface area contributed by atoms with Gasteiger partial charge >= 0.3 is 0 Å². The smallest absolute Gasteiger partial charge is 0.0359 e. The van der Waals surface area contributed by atoms with Crippen molar-refractivity contribution in [2.75, 3.05) is 6.54 Å². The lowest BCUT2D eigenvalue weighted by Gasteiger charge is -2.37. The molecule has 0 amide bonds. The lowest BCUT2D eigenvalue weighted by Crippen LogP contribution is -2.34. The van der Waals surface area contributed by atoms with E-state index in [1.807, 2.05) is 0 Å². The summed E-state index contributed by atoms with van der Waals surface area (Å²) >= 11 is 2.49. The number of benzene rings is 1. The molecule has 1 aromatic carbocycles. The van der Waals surface area contributed by atoms with Crippen molar-refractivity contribution in [3.63, 3.8) is 0 Å². The molecule has 0 radical (unpaired) electrons. The van der Waals surface area contributed by atoms with Crippen molar-refractivity contribution in [3.8, 4) is 0 Å². The van der Waals surface area contributed by atoms with Gasteiger partial charge in [-0.2, -0.15) is 0 Å². The number of nitrogens with one attached hydrogen (secondary N) is 1. The molecule has 0 aliphatic heterocycles. The Morgan fingerprint density at radius 3 is 2.40 bits per heavy atom. The quantitative estimate of drug-likeness (QED) is 0.669. The van der Waals surface area contributed by atoms with Gasteiger partial charge in [-0.25, -0.2) is 0 Å². The first-order chi connectivity index (χ1) is 9.61. The summed E-state index contributed by atoms with van der Waals surface area (Å²) in [4.78, 5) is 0. The van der Waals surface area contributed by atoms with Gasteiger partial charge in [0.15, 0.2) is 0 Å². The van der Waals surface area contributed by atoms with Gasteiger partial charge < -0.3 is 5.32 Å². The summed E-state index contributed by atoms with van der Waals surface area (Å²) < 4.78 is 1.41. The van der Waals surface area contributed by atoms with E-state index < -0.39 is 0 Å². The molecule has 0 aromatic heterocycles. The molecule has 1 aliphatic rings. The largest absolute Gasteiger partial charge is 0.310 e. The van der Waals surface area contributed by atoms with E-state index >= 15 is 0 Å². The monoisotopic (exact) mass is 385 g/mol. The van der Waals surface area contributed by atoms with Gasteiger partial charge in [0, 0.05) is 9.61 Å². The van der Waals surface area contributed by atoms with Crippen LogP contribution in [0.15, 0.2) is 24.3 Å². The summed E-state index contributed by atoms with van der Waals surface area (Å²) in [5.41, 5.74) is 1.51. The number of hydrogen-bond donors (Lipinski definition) is 1. The molecule has 112 valence electrons. The highest BCUT2D eigenvalue weighted by Gasteiger charge is 2.31. The van der Waals surface area contributed by atoms with E-state index in [1.165, 1.54) is 34.8 Å². The molecule has 0 spiro atoms. The highest BCUT2D eigenvalue weighted by atomic mass is 127. The van der Waals surface area contributed by atoms with Crippen LogP contribution in [0.1, 0.15) is 58.1 Å². The maximum atomic E-state index is 3.83. The summed E-state index contributed by atoms with van der Waals surface area (Å²) in [5.74, 6) is 2.53. The topological polar surface area (TPSA) is 12.0 Å². The molecule has 1 aromatic rings. The molecule has 20 heavy (non-hydrogen) atoms. The van der Waals surface area contributed by atoms with Crippen LogP contribution in [0.3, 0.4) is 0 Å². The van der Waals surface area contributed by atoms with E-state index in [4.69, 9.17) is 0 Å². The summed E-state index contributed by atoms with van der Waals surface area (Å²) in [6.07, 6.45) is 5.36. The van der Waals surface area contributed by atoms with Gasteiger partial charge in [0.2, 0.25) is 0 Å². The average molecular weight is 385 g/mol. The average Bonchev–Trinajstić information content (AvgIpc) is 2.40. The Hall–Kier alpha value is -0.0900. The van der Waals surface area contributed by atoms with Crippen molar-refractivity contribution in [3.05, 3.63) is 33.4 Å². The Bertz CT molecular complexity index is 408. The summed E-state index contributed by atoms with van der Waals surface area (Å²) in [6, 6.07) is 9.43. The molecule has 1 N–H and O–H groups in total. The normalized spacial score (nSPS) is 28.3. The Morgan fingerprint density at radius 2 is 1.80 bits per heavy atom. The SMILES string of the molecule is CCCNC(c1ccccc1I)C1CC(C)CC(C)C1. The molecule has 2 rings (SSSR count). The van der Waals surface area contributed by atoms with Gasteiger partial charge in [0.1, 0.15) is 0 Å². The van der Waals surface area contributed by atoms with Crippen LogP contribution >= 0.6 is 22.6 Å². The van der Waals surface area contributed by atoms with Gasteiger partial charge in [-0.3, -0.25) is 0 Å². The molecule has 1 nitrogen and oxygen atoms in total. The van der Waals surface area contributed by atoms with E-state index in [0.717, 1.165) is 24.3 Å². The molecule has 1 fully saturated rings. The number of hydrogen-bond acceptors (Lipinski definition) is 1. The van der Waals surface area contributed by atoms with Crippen molar-refractivity contribution in [2.24, 2.45) is 17.8 Å². The third kappa shape index (κ3) is 4.20. The van der Waals surface area contributed by atoms with Crippen LogP contribution in [-0.4, -0.2) is 6.54 Å². The zero-order valence-electron chi connectivity index (χ0n) is 13.0. The van der Waals surface area contributed by atoms with E-state index in [-0.39, 0.29) is 0 Å². The fourth-order valence-electron chi connectivity index (χ4n) is 3.84. The molecular formula is C18H28IN. The van der Waals surface area contributed by atoms with Crippen LogP contribution < -0.4 is 5.32 Å². The Morgan fingerprint density at radius 1 is 1.15 bits per heavy atom. The van der Waals surface area contributed by atoms with E-state index in [1.54, 1.807) is 0 Å². The van der Waals surface area contributed by atoms with Gasteiger partial charge in [-0.1, -0.05) is 39.0 Å². The molecule has 0 saturated heterocycles. The lowest BCUT2D eigenvalue weighted by atomic mass is 9.72. The molecular weight excluding hydrogens is 357 g/mol. The number of rotatable bonds is 5. The maximum Gasteiger partial charge on any atom is 0.0359 e. The minimum Gasteiger partial charge on any atom is -0.310 e. The lowest BCUT2D eigenvalue weighted by molar-refractivity contribution is 0.176. The summed E-state index contributed by atoms with van der Waals surface area (Å²) in [5, 5.41) is 3.83. The first-order valence-electron chi connectivity index (χ1n) is 8.09. The summed E-state index contributed by atoms with van der Waals surface area (Å²) in [7, 11) is 0.